The van der Waals surface area contributed by atoms with Crippen molar-refractivity contribution in [2.45, 2.75) is 31.7 Å². The molecule has 8 nitrogen and oxygen atoms in total. The maximum atomic E-state index is 12.8. The van der Waals surface area contributed by atoms with E-state index >= 15 is 0 Å². The molecule has 30 heavy (non-hydrogen) atoms. The molecule has 0 bridgehead atoms. The van der Waals surface area contributed by atoms with Crippen LogP contribution in [0.4, 0.5) is 0 Å². The number of carbonyl (C=O) groups excluding carboxylic acids is 2. The zero-order valence-electron chi connectivity index (χ0n) is 16.8. The van der Waals surface area contributed by atoms with E-state index in [-0.39, 0.29) is 41.5 Å². The molecule has 0 saturated carbocycles. The van der Waals surface area contributed by atoms with Crippen molar-refractivity contribution in [2.24, 2.45) is 0 Å². The Morgan fingerprint density at radius 2 is 2.03 bits per heavy atom. The number of rotatable bonds is 9. The van der Waals surface area contributed by atoms with E-state index in [2.05, 4.69) is 10.3 Å². The number of aryl methyl sites for hydroxylation is 1. The number of amides is 1. The van der Waals surface area contributed by atoms with Gasteiger partial charge in [-0.2, -0.15) is 0 Å². The largest absolute Gasteiger partial charge is 0.462 e. The molecule has 0 spiro atoms. The van der Waals surface area contributed by atoms with Gasteiger partial charge in [0, 0.05) is 11.4 Å². The first kappa shape index (κ1) is 21.6. The Balaban J connectivity index is 1.60. The average molecular weight is 429 g/mol. The monoisotopic (exact) mass is 429 g/mol. The third-order valence-electron chi connectivity index (χ3n) is 4.30. The van der Waals surface area contributed by atoms with Gasteiger partial charge in [-0.25, -0.2) is 9.78 Å². The van der Waals surface area contributed by atoms with Gasteiger partial charge in [-0.05, 0) is 38.2 Å². The summed E-state index contributed by atoms with van der Waals surface area (Å²) in [7, 11) is 0. The van der Waals surface area contributed by atoms with Crippen LogP contribution < -0.4 is 10.9 Å². The molecule has 3 rings (SSSR count). The van der Waals surface area contributed by atoms with Crippen molar-refractivity contribution in [1.29, 1.82) is 0 Å². The number of fused-ring (bicyclic) bond motifs is 1. The fourth-order valence-electron chi connectivity index (χ4n) is 2.92. The summed E-state index contributed by atoms with van der Waals surface area (Å²) in [5.41, 5.74) is -0.415. The van der Waals surface area contributed by atoms with Crippen LogP contribution in [-0.4, -0.2) is 40.3 Å². The quantitative estimate of drug-likeness (QED) is 0.317. The van der Waals surface area contributed by atoms with Crippen LogP contribution in [0.25, 0.3) is 11.1 Å². The molecule has 2 aromatic heterocycles. The lowest BCUT2D eigenvalue weighted by atomic mass is 10.2. The van der Waals surface area contributed by atoms with Gasteiger partial charge in [0.1, 0.15) is 29.6 Å². The smallest absolute Gasteiger partial charge is 0.342 e. The van der Waals surface area contributed by atoms with E-state index in [1.165, 1.54) is 11.2 Å². The Bertz CT molecular complexity index is 1090. The molecule has 0 fully saturated rings. The van der Waals surface area contributed by atoms with Gasteiger partial charge in [-0.1, -0.05) is 18.2 Å². The highest BCUT2D eigenvalue weighted by atomic mass is 32.2. The molecule has 2 heterocycles. The summed E-state index contributed by atoms with van der Waals surface area (Å²) in [6, 6.07) is 10.0. The van der Waals surface area contributed by atoms with Gasteiger partial charge in [-0.15, -0.1) is 11.8 Å². The van der Waals surface area contributed by atoms with Crippen LogP contribution in [0.2, 0.25) is 0 Å². The van der Waals surface area contributed by atoms with Gasteiger partial charge >= 0.3 is 5.97 Å². The van der Waals surface area contributed by atoms with Gasteiger partial charge in [-0.3, -0.25) is 14.2 Å². The number of hydrogen-bond acceptors (Lipinski definition) is 7. The van der Waals surface area contributed by atoms with E-state index in [9.17, 15) is 14.4 Å². The molecule has 1 N–H and O–H groups in total. The van der Waals surface area contributed by atoms with Crippen molar-refractivity contribution in [3.8, 4) is 0 Å². The van der Waals surface area contributed by atoms with Crippen molar-refractivity contribution >= 4 is 34.7 Å². The highest BCUT2D eigenvalue weighted by Gasteiger charge is 2.24. The van der Waals surface area contributed by atoms with Crippen LogP contribution in [0.3, 0.4) is 0 Å². The molecule has 0 aliphatic carbocycles. The lowest BCUT2D eigenvalue weighted by Gasteiger charge is -2.07. The molecule has 0 aliphatic heterocycles. The van der Waals surface area contributed by atoms with Crippen molar-refractivity contribution in [2.75, 3.05) is 18.9 Å². The number of benzene rings is 1. The Kier molecular flexibility index (Phi) is 7.29. The second-order valence-electron chi connectivity index (χ2n) is 6.48. The summed E-state index contributed by atoms with van der Waals surface area (Å²) in [5.74, 6) is 0.174. The van der Waals surface area contributed by atoms with Crippen LogP contribution in [0.15, 0.2) is 50.8 Å². The van der Waals surface area contributed by atoms with E-state index in [1.807, 2.05) is 30.3 Å². The molecule has 0 aliphatic rings. The number of aromatic nitrogens is 2. The van der Waals surface area contributed by atoms with E-state index in [0.717, 1.165) is 16.7 Å². The number of hydrogen-bond donors (Lipinski definition) is 1. The van der Waals surface area contributed by atoms with Crippen LogP contribution in [0.1, 0.15) is 29.5 Å². The zero-order valence-corrected chi connectivity index (χ0v) is 17.7. The maximum absolute atomic E-state index is 12.8. The molecule has 0 atom stereocenters. The first-order valence-electron chi connectivity index (χ1n) is 9.61. The summed E-state index contributed by atoms with van der Waals surface area (Å²) in [4.78, 5) is 42.5. The molecule has 1 amide bonds. The Labute approximate surface area is 177 Å². The predicted octanol–water partition coefficient (Wildman–Crippen LogP) is 2.77. The molecule has 3 aromatic rings. The third kappa shape index (κ3) is 5.10. The van der Waals surface area contributed by atoms with E-state index in [1.54, 1.807) is 25.6 Å². The predicted molar refractivity (Wildman–Crippen MR) is 114 cm³/mol. The number of furan rings is 1. The van der Waals surface area contributed by atoms with Gasteiger partial charge in [0.2, 0.25) is 11.6 Å². The van der Waals surface area contributed by atoms with Crippen molar-refractivity contribution < 1.29 is 18.7 Å². The summed E-state index contributed by atoms with van der Waals surface area (Å²) in [5, 5.41) is 2.83. The van der Waals surface area contributed by atoms with E-state index < -0.39 is 11.5 Å². The Morgan fingerprint density at radius 3 is 2.77 bits per heavy atom. The maximum Gasteiger partial charge on any atom is 0.342 e. The van der Waals surface area contributed by atoms with Crippen molar-refractivity contribution in [3.05, 3.63) is 58.3 Å². The molecule has 0 unspecified atom stereocenters. The number of nitrogens with one attached hydrogen (secondary N) is 1. The number of esters is 1. The van der Waals surface area contributed by atoms with Crippen LogP contribution in [-0.2, 0) is 16.1 Å². The number of ether oxygens (including phenoxy) is 1. The van der Waals surface area contributed by atoms with Gasteiger partial charge in [0.15, 0.2) is 0 Å². The van der Waals surface area contributed by atoms with E-state index in [0.29, 0.717) is 6.54 Å². The molecule has 0 saturated heterocycles. The minimum Gasteiger partial charge on any atom is -0.462 e. The summed E-state index contributed by atoms with van der Waals surface area (Å²) < 4.78 is 11.6. The molecule has 9 heteroatoms. The zero-order chi connectivity index (χ0) is 21.5. The molecular weight excluding hydrogens is 406 g/mol. The highest BCUT2D eigenvalue weighted by molar-refractivity contribution is 7.99. The Morgan fingerprint density at radius 1 is 1.27 bits per heavy atom. The normalized spacial score (nSPS) is 10.9. The first-order chi connectivity index (χ1) is 14.5. The topological polar surface area (TPSA) is 103 Å². The standard InChI is InChI=1S/C21H23N3O5S/c1-3-28-21(27)17-14(2)29-19-18(17)20(26)24(13-23-19)12-16(25)22-10-7-11-30-15-8-5-4-6-9-15/h4-6,8-9,13H,3,7,10-12H2,1-2H3,(H,22,25). The van der Waals surface area contributed by atoms with Gasteiger partial charge in [0.25, 0.3) is 5.56 Å². The number of nitrogens with zero attached hydrogens (tertiary/aromatic N) is 2. The average Bonchev–Trinajstić information content (AvgIpc) is 3.07. The SMILES string of the molecule is CCOC(=O)c1c(C)oc2ncn(CC(=O)NCCCSc3ccccc3)c(=O)c12. The summed E-state index contributed by atoms with van der Waals surface area (Å²) in [6.45, 7) is 3.72. The van der Waals surface area contributed by atoms with Gasteiger partial charge < -0.3 is 14.5 Å². The van der Waals surface area contributed by atoms with Crippen molar-refractivity contribution in [1.82, 2.24) is 14.9 Å². The van der Waals surface area contributed by atoms with Crippen LogP contribution in [0, 0.1) is 6.92 Å². The second kappa shape index (κ2) is 10.1. The van der Waals surface area contributed by atoms with E-state index in [4.69, 9.17) is 9.15 Å². The van der Waals surface area contributed by atoms with Crippen LogP contribution in [0.5, 0.6) is 0 Å². The summed E-state index contributed by atoms with van der Waals surface area (Å²) >= 11 is 1.72. The van der Waals surface area contributed by atoms with Gasteiger partial charge in [0.05, 0.1) is 6.61 Å². The minimum atomic E-state index is -0.647. The van der Waals surface area contributed by atoms with Crippen LogP contribution >= 0.6 is 11.8 Å². The highest BCUT2D eigenvalue weighted by Crippen LogP contribution is 2.21. The lowest BCUT2D eigenvalue weighted by Crippen LogP contribution is -2.33. The molecule has 1 aromatic carbocycles. The molecular formula is C21H23N3O5S. The number of thioether (sulfide) groups is 1. The molecule has 0 radical (unpaired) electrons. The third-order valence-corrected chi connectivity index (χ3v) is 5.40. The fourth-order valence-corrected chi connectivity index (χ4v) is 3.79. The summed E-state index contributed by atoms with van der Waals surface area (Å²) in [6.07, 6.45) is 2.04. The van der Waals surface area contributed by atoms with Crippen molar-refractivity contribution in [3.63, 3.8) is 0 Å². The lowest BCUT2D eigenvalue weighted by molar-refractivity contribution is -0.121. The Hall–Kier alpha value is -3.07. The first-order valence-corrected chi connectivity index (χ1v) is 10.6. The minimum absolute atomic E-state index is 0.0283. The molecule has 158 valence electrons. The second-order valence-corrected chi connectivity index (χ2v) is 7.64. The fraction of sp³-hybridized carbons (Fsp3) is 0.333. The number of carbonyl (C=O) groups is 2.